The minimum atomic E-state index is -0.422. The van der Waals surface area contributed by atoms with Gasteiger partial charge in [-0.2, -0.15) is 0 Å². The molecule has 0 bridgehead atoms. The van der Waals surface area contributed by atoms with Crippen molar-refractivity contribution >= 4 is 6.08 Å². The molecule has 0 saturated heterocycles. The first-order valence-electron chi connectivity index (χ1n) is 5.95. The molecule has 0 spiro atoms. The number of nitrogens with zero attached hydrogens (tertiary/aromatic N) is 1. The van der Waals surface area contributed by atoms with Crippen LogP contribution in [0.5, 0.6) is 11.5 Å². The van der Waals surface area contributed by atoms with Crippen molar-refractivity contribution in [3.05, 3.63) is 39.6 Å². The Hall–Kier alpha value is -2.04. The highest BCUT2D eigenvalue weighted by atomic mass is 16.6. The fraction of sp³-hybridized carbons (Fsp3) is 0.385. The number of hydrogen-bond donors (Lipinski definition) is 0. The summed E-state index contributed by atoms with van der Waals surface area (Å²) in [6.07, 6.45) is 3.62. The lowest BCUT2D eigenvalue weighted by atomic mass is 10.1. The minimum Gasteiger partial charge on any atom is -0.493 e. The summed E-state index contributed by atoms with van der Waals surface area (Å²) in [6, 6.07) is 5.36. The third-order valence-corrected chi connectivity index (χ3v) is 2.68. The SMILES string of the molecule is CCCCOc1ccc2c(c1)OCC([N+](=O)[O-])=C2. The highest BCUT2D eigenvalue weighted by Crippen LogP contribution is 2.30. The summed E-state index contributed by atoms with van der Waals surface area (Å²) in [5.41, 5.74) is 0.790. The van der Waals surface area contributed by atoms with Gasteiger partial charge in [-0.1, -0.05) is 13.3 Å². The van der Waals surface area contributed by atoms with Crippen molar-refractivity contribution in [3.63, 3.8) is 0 Å². The average Bonchev–Trinajstić information content (AvgIpc) is 2.38. The Kier molecular flexibility index (Phi) is 3.82. The van der Waals surface area contributed by atoms with Crippen LogP contribution in [0.2, 0.25) is 0 Å². The zero-order valence-corrected chi connectivity index (χ0v) is 10.2. The number of ether oxygens (including phenoxy) is 2. The Balaban J connectivity index is 2.12. The van der Waals surface area contributed by atoms with Crippen molar-refractivity contribution in [3.8, 4) is 11.5 Å². The maximum absolute atomic E-state index is 10.6. The van der Waals surface area contributed by atoms with Crippen molar-refractivity contribution in [2.45, 2.75) is 19.8 Å². The number of benzene rings is 1. The molecule has 5 nitrogen and oxygen atoms in total. The second-order valence-corrected chi connectivity index (χ2v) is 4.08. The molecule has 0 saturated carbocycles. The van der Waals surface area contributed by atoms with Gasteiger partial charge in [-0.05, 0) is 18.6 Å². The van der Waals surface area contributed by atoms with Gasteiger partial charge in [0.1, 0.15) is 11.5 Å². The van der Waals surface area contributed by atoms with Crippen molar-refractivity contribution in [1.82, 2.24) is 0 Å². The molecule has 1 aromatic carbocycles. The average molecular weight is 249 g/mol. The van der Waals surface area contributed by atoms with Gasteiger partial charge in [-0.15, -0.1) is 0 Å². The summed E-state index contributed by atoms with van der Waals surface area (Å²) in [6.45, 7) is 2.77. The van der Waals surface area contributed by atoms with E-state index in [1.807, 2.05) is 0 Å². The fourth-order valence-electron chi connectivity index (χ4n) is 1.66. The van der Waals surface area contributed by atoms with Gasteiger partial charge >= 0.3 is 0 Å². The predicted octanol–water partition coefficient (Wildman–Crippen LogP) is 2.88. The van der Waals surface area contributed by atoms with Gasteiger partial charge in [-0.25, -0.2) is 0 Å². The maximum Gasteiger partial charge on any atom is 0.284 e. The summed E-state index contributed by atoms with van der Waals surface area (Å²) in [5.74, 6) is 1.37. The van der Waals surface area contributed by atoms with E-state index in [1.54, 1.807) is 18.2 Å². The van der Waals surface area contributed by atoms with Gasteiger partial charge in [-0.3, -0.25) is 10.1 Å². The van der Waals surface area contributed by atoms with Crippen LogP contribution in [0.3, 0.4) is 0 Å². The van der Waals surface area contributed by atoms with Crippen molar-refractivity contribution in [1.29, 1.82) is 0 Å². The number of rotatable bonds is 5. The van der Waals surface area contributed by atoms with E-state index in [2.05, 4.69) is 6.92 Å². The molecule has 0 radical (unpaired) electrons. The lowest BCUT2D eigenvalue weighted by molar-refractivity contribution is -0.427. The highest BCUT2D eigenvalue weighted by Gasteiger charge is 2.19. The molecule has 0 aliphatic carbocycles. The molecule has 0 atom stereocenters. The molecule has 0 N–H and O–H groups in total. The predicted molar refractivity (Wildman–Crippen MR) is 67.3 cm³/mol. The zero-order chi connectivity index (χ0) is 13.0. The molecule has 0 fully saturated rings. The van der Waals surface area contributed by atoms with Crippen LogP contribution in [-0.2, 0) is 0 Å². The van der Waals surface area contributed by atoms with Crippen LogP contribution in [0, 0.1) is 10.1 Å². The van der Waals surface area contributed by atoms with Crippen molar-refractivity contribution in [2.75, 3.05) is 13.2 Å². The van der Waals surface area contributed by atoms with E-state index in [0.29, 0.717) is 12.4 Å². The first-order chi connectivity index (χ1) is 8.70. The molecule has 1 aliphatic rings. The van der Waals surface area contributed by atoms with Crippen molar-refractivity contribution in [2.24, 2.45) is 0 Å². The Morgan fingerprint density at radius 1 is 1.50 bits per heavy atom. The summed E-state index contributed by atoms with van der Waals surface area (Å²) >= 11 is 0. The van der Waals surface area contributed by atoms with Crippen LogP contribution in [0.1, 0.15) is 25.3 Å². The number of hydrogen-bond acceptors (Lipinski definition) is 4. The second-order valence-electron chi connectivity index (χ2n) is 4.08. The van der Waals surface area contributed by atoms with Gasteiger partial charge in [0.2, 0.25) is 0 Å². The fourth-order valence-corrected chi connectivity index (χ4v) is 1.66. The molecule has 0 unspecified atom stereocenters. The number of fused-ring (bicyclic) bond motifs is 1. The van der Waals surface area contributed by atoms with E-state index >= 15 is 0 Å². The topological polar surface area (TPSA) is 61.6 Å². The van der Waals surface area contributed by atoms with E-state index in [1.165, 1.54) is 6.08 Å². The van der Waals surface area contributed by atoms with E-state index in [0.717, 1.165) is 24.2 Å². The Labute approximate surface area is 105 Å². The zero-order valence-electron chi connectivity index (χ0n) is 10.2. The molecule has 1 aromatic rings. The molecule has 5 heteroatoms. The molecule has 18 heavy (non-hydrogen) atoms. The van der Waals surface area contributed by atoms with Crippen LogP contribution >= 0.6 is 0 Å². The summed E-state index contributed by atoms with van der Waals surface area (Å²) in [7, 11) is 0. The van der Waals surface area contributed by atoms with Crippen molar-refractivity contribution < 1.29 is 14.4 Å². The van der Waals surface area contributed by atoms with E-state index in [-0.39, 0.29) is 12.3 Å². The molecule has 96 valence electrons. The normalized spacial score (nSPS) is 13.3. The maximum atomic E-state index is 10.6. The summed E-state index contributed by atoms with van der Waals surface area (Å²) in [4.78, 5) is 10.2. The molecule has 2 rings (SSSR count). The van der Waals surface area contributed by atoms with Gasteiger partial charge in [0.05, 0.1) is 11.5 Å². The van der Waals surface area contributed by atoms with Crippen LogP contribution in [0.25, 0.3) is 6.08 Å². The van der Waals surface area contributed by atoms with Gasteiger partial charge in [0, 0.05) is 17.7 Å². The van der Waals surface area contributed by atoms with Crippen LogP contribution < -0.4 is 9.47 Å². The first kappa shape index (κ1) is 12.4. The van der Waals surface area contributed by atoms with Crippen LogP contribution in [0.4, 0.5) is 0 Å². The second kappa shape index (κ2) is 5.53. The summed E-state index contributed by atoms with van der Waals surface area (Å²) in [5, 5.41) is 10.6. The third-order valence-electron chi connectivity index (χ3n) is 2.68. The molecular weight excluding hydrogens is 234 g/mol. The lowest BCUT2D eigenvalue weighted by Crippen LogP contribution is -2.13. The highest BCUT2D eigenvalue weighted by molar-refractivity contribution is 5.62. The van der Waals surface area contributed by atoms with E-state index < -0.39 is 4.92 Å². The number of unbranched alkanes of at least 4 members (excludes halogenated alkanes) is 1. The van der Waals surface area contributed by atoms with E-state index in [4.69, 9.17) is 9.47 Å². The Morgan fingerprint density at radius 3 is 3.06 bits per heavy atom. The smallest absolute Gasteiger partial charge is 0.284 e. The first-order valence-corrected chi connectivity index (χ1v) is 5.95. The molecule has 0 aromatic heterocycles. The van der Waals surface area contributed by atoms with E-state index in [9.17, 15) is 10.1 Å². The summed E-state index contributed by atoms with van der Waals surface area (Å²) < 4.78 is 10.9. The third kappa shape index (κ3) is 2.80. The number of nitro groups is 1. The quantitative estimate of drug-likeness (QED) is 0.457. The standard InChI is InChI=1S/C13H15NO4/c1-2-3-6-17-12-5-4-10-7-11(14(15)16)9-18-13(10)8-12/h4-5,7-8H,2-3,6,9H2,1H3. The molecule has 1 aliphatic heterocycles. The van der Waals surface area contributed by atoms with Crippen LogP contribution in [0.15, 0.2) is 23.9 Å². The molecule has 1 heterocycles. The van der Waals surface area contributed by atoms with Gasteiger partial charge in [0.15, 0.2) is 6.61 Å². The van der Waals surface area contributed by atoms with Gasteiger partial charge in [0.25, 0.3) is 5.70 Å². The van der Waals surface area contributed by atoms with Gasteiger partial charge < -0.3 is 9.47 Å². The molecular formula is C13H15NO4. The Morgan fingerprint density at radius 2 is 2.33 bits per heavy atom. The minimum absolute atomic E-state index is 0.00157. The van der Waals surface area contributed by atoms with Crippen LogP contribution in [-0.4, -0.2) is 18.1 Å². The largest absolute Gasteiger partial charge is 0.493 e. The Bertz CT molecular complexity index is 482. The molecule has 0 amide bonds. The lowest BCUT2D eigenvalue weighted by Gasteiger charge is -2.14. The monoisotopic (exact) mass is 249 g/mol.